The van der Waals surface area contributed by atoms with Crippen molar-refractivity contribution < 1.29 is 18.5 Å². The summed E-state index contributed by atoms with van der Waals surface area (Å²) in [6, 6.07) is -0.712. The van der Waals surface area contributed by atoms with E-state index in [0.717, 1.165) is 0 Å². The molecule has 20 heavy (non-hydrogen) atoms. The summed E-state index contributed by atoms with van der Waals surface area (Å²) in [4.78, 5) is 23.9. The molecule has 0 aliphatic heterocycles. The summed E-state index contributed by atoms with van der Waals surface area (Å²) < 4.78 is 16.9. The zero-order chi connectivity index (χ0) is 16.1. The molecule has 0 saturated heterocycles. The van der Waals surface area contributed by atoms with Crippen LogP contribution in [0.2, 0.25) is 0 Å². The lowest BCUT2D eigenvalue weighted by Crippen LogP contribution is -2.47. The zero-order valence-electron chi connectivity index (χ0n) is 13.5. The molecule has 0 radical (unpaired) electrons. The Bertz CT molecular complexity index is 462. The molecule has 0 aromatic heterocycles. The van der Waals surface area contributed by atoms with Crippen molar-refractivity contribution in [2.75, 3.05) is 12.5 Å². The van der Waals surface area contributed by atoms with E-state index in [9.17, 15) is 13.8 Å². The summed E-state index contributed by atoms with van der Waals surface area (Å²) >= 11 is 0. The predicted octanol–water partition coefficient (Wildman–Crippen LogP) is 1.84. The van der Waals surface area contributed by atoms with Gasteiger partial charge in [0.05, 0.1) is 6.04 Å². The van der Waals surface area contributed by atoms with E-state index in [1.165, 1.54) is 17.9 Å². The fraction of sp³-hybridized carbons (Fsp3) is 0.786. The maximum Gasteiger partial charge on any atom is 0.408 e. The smallest absolute Gasteiger partial charge is 0.408 e. The maximum atomic E-state index is 12.2. The van der Waals surface area contributed by atoms with Crippen LogP contribution < -0.4 is 5.32 Å². The molecule has 0 rings (SSSR count). The molecular weight excluding hydrogens is 278 g/mol. The molecule has 0 fully saturated rings. The van der Waals surface area contributed by atoms with Crippen molar-refractivity contribution in [3.05, 3.63) is 0 Å². The van der Waals surface area contributed by atoms with Crippen molar-refractivity contribution in [1.82, 2.24) is 5.32 Å². The number of rotatable bonds is 5. The van der Waals surface area contributed by atoms with Crippen LogP contribution in [0.25, 0.3) is 0 Å². The first-order valence-corrected chi connectivity index (χ1v) is 9.12. The highest BCUT2D eigenvalue weighted by Crippen LogP contribution is 2.11. The predicted molar refractivity (Wildman–Crippen MR) is 83.7 cm³/mol. The Kier molecular flexibility index (Phi) is 6.74. The summed E-state index contributed by atoms with van der Waals surface area (Å²) in [7, 11) is -2.30. The number of alkyl carbamates (subject to hydrolysis) is 1. The van der Waals surface area contributed by atoms with Gasteiger partial charge in [0.25, 0.3) is 0 Å². The van der Waals surface area contributed by atoms with Gasteiger partial charge >= 0.3 is 6.09 Å². The van der Waals surface area contributed by atoms with Gasteiger partial charge in [-0.15, -0.1) is 0 Å². The normalized spacial score (nSPS) is 15.2. The highest BCUT2D eigenvalue weighted by molar-refractivity contribution is 8.01. The third-order valence-corrected chi connectivity index (χ3v) is 3.39. The molecule has 0 aromatic rings. The van der Waals surface area contributed by atoms with E-state index in [2.05, 4.69) is 5.32 Å². The standard InChI is InChI=1S/C14H27NO4S/c1-8-10(2)12(11(16)9-20(6,7)18)15-13(17)19-14(3,4)5/h9-10,12H,8H2,1-7H3,(H,15,17)/t10-,12-/m0/s1. The molecule has 118 valence electrons. The summed E-state index contributed by atoms with van der Waals surface area (Å²) in [5, 5.41) is 3.77. The number of amides is 1. The number of carbonyl (C=O) groups excluding carboxylic acids is 2. The highest BCUT2D eigenvalue weighted by Gasteiger charge is 2.27. The second kappa shape index (κ2) is 7.11. The lowest BCUT2D eigenvalue weighted by molar-refractivity contribution is -0.115. The van der Waals surface area contributed by atoms with Gasteiger partial charge in [-0.3, -0.25) is 9.00 Å². The molecule has 5 nitrogen and oxygen atoms in total. The van der Waals surface area contributed by atoms with Crippen molar-refractivity contribution >= 4 is 26.8 Å². The van der Waals surface area contributed by atoms with Gasteiger partial charge in [-0.05, 0) is 36.2 Å². The van der Waals surface area contributed by atoms with Gasteiger partial charge in [-0.25, -0.2) is 4.79 Å². The molecule has 0 unspecified atom stereocenters. The fourth-order valence-corrected chi connectivity index (χ4v) is 2.22. The Hall–Kier alpha value is -1.04. The Morgan fingerprint density at radius 3 is 2.15 bits per heavy atom. The van der Waals surface area contributed by atoms with E-state index in [0.29, 0.717) is 6.42 Å². The van der Waals surface area contributed by atoms with Crippen molar-refractivity contribution in [3.8, 4) is 0 Å². The van der Waals surface area contributed by atoms with Crippen LogP contribution in [0, 0.1) is 5.92 Å². The van der Waals surface area contributed by atoms with Crippen molar-refractivity contribution in [2.45, 2.75) is 52.7 Å². The molecule has 1 amide bonds. The van der Waals surface area contributed by atoms with E-state index >= 15 is 0 Å². The largest absolute Gasteiger partial charge is 0.444 e. The van der Waals surface area contributed by atoms with Gasteiger partial charge in [0.2, 0.25) is 0 Å². The van der Waals surface area contributed by atoms with Crippen LogP contribution in [0.15, 0.2) is 0 Å². The molecular formula is C14H27NO4S. The first-order valence-electron chi connectivity index (χ1n) is 6.68. The zero-order valence-corrected chi connectivity index (χ0v) is 14.3. The van der Waals surface area contributed by atoms with Crippen LogP contribution >= 0.6 is 0 Å². The van der Waals surface area contributed by atoms with E-state index in [4.69, 9.17) is 4.74 Å². The molecule has 0 bridgehead atoms. The van der Waals surface area contributed by atoms with Crippen LogP contribution in [-0.2, 0) is 19.1 Å². The van der Waals surface area contributed by atoms with Gasteiger partial charge in [-0.1, -0.05) is 20.3 Å². The second-order valence-corrected chi connectivity index (χ2v) is 9.19. The number of Topliss-reactive ketones (excluding diaryl/α,β-unsaturated/α-hetero) is 1. The Morgan fingerprint density at radius 2 is 1.80 bits per heavy atom. The topological polar surface area (TPSA) is 72.5 Å². The van der Waals surface area contributed by atoms with Crippen LogP contribution in [0.3, 0.4) is 0 Å². The lowest BCUT2D eigenvalue weighted by atomic mass is 9.96. The van der Waals surface area contributed by atoms with Gasteiger partial charge in [0, 0.05) is 17.9 Å². The first-order chi connectivity index (χ1) is 8.85. The quantitative estimate of drug-likeness (QED) is 0.787. The van der Waals surface area contributed by atoms with Crippen molar-refractivity contribution in [1.29, 1.82) is 0 Å². The molecule has 0 aliphatic carbocycles. The minimum atomic E-state index is -2.30. The van der Waals surface area contributed by atoms with Gasteiger partial charge in [0.15, 0.2) is 5.78 Å². The monoisotopic (exact) mass is 305 g/mol. The third-order valence-electron chi connectivity index (χ3n) is 2.59. The van der Waals surface area contributed by atoms with E-state index in [-0.39, 0.29) is 11.7 Å². The van der Waals surface area contributed by atoms with E-state index in [1.807, 2.05) is 13.8 Å². The molecule has 6 heteroatoms. The molecule has 0 aliphatic rings. The molecule has 0 heterocycles. The number of hydrogen-bond acceptors (Lipinski definition) is 4. The minimum absolute atomic E-state index is 0.0620. The number of ether oxygens (including phenoxy) is 1. The summed E-state index contributed by atoms with van der Waals surface area (Å²) in [6.45, 7) is 9.05. The average molecular weight is 305 g/mol. The number of nitrogens with one attached hydrogen (secondary N) is 1. The lowest BCUT2D eigenvalue weighted by Gasteiger charge is -2.25. The Balaban J connectivity index is 5.06. The first kappa shape index (κ1) is 19.0. The van der Waals surface area contributed by atoms with Gasteiger partial charge < -0.3 is 10.1 Å². The highest BCUT2D eigenvalue weighted by atomic mass is 32.2. The van der Waals surface area contributed by atoms with Crippen molar-refractivity contribution in [3.63, 3.8) is 0 Å². The van der Waals surface area contributed by atoms with Crippen LogP contribution in [0.5, 0.6) is 0 Å². The average Bonchev–Trinajstić information content (AvgIpc) is 2.19. The number of carbonyl (C=O) groups is 2. The molecule has 1 N–H and O–H groups in total. The van der Waals surface area contributed by atoms with E-state index < -0.39 is 27.3 Å². The summed E-state index contributed by atoms with van der Waals surface area (Å²) in [5.74, 6) is -0.395. The Labute approximate surface area is 122 Å². The molecule has 2 atom stereocenters. The summed E-state index contributed by atoms with van der Waals surface area (Å²) in [5.41, 5.74) is -0.625. The van der Waals surface area contributed by atoms with Crippen molar-refractivity contribution in [2.24, 2.45) is 5.92 Å². The maximum absolute atomic E-state index is 12.2. The summed E-state index contributed by atoms with van der Waals surface area (Å²) in [6.07, 6.45) is 3.07. The van der Waals surface area contributed by atoms with Crippen LogP contribution in [0.1, 0.15) is 41.0 Å². The van der Waals surface area contributed by atoms with Crippen LogP contribution in [0.4, 0.5) is 4.79 Å². The Morgan fingerprint density at radius 1 is 1.30 bits per heavy atom. The number of hydrogen-bond donors (Lipinski definition) is 1. The number of ketones is 1. The van der Waals surface area contributed by atoms with E-state index in [1.54, 1.807) is 20.8 Å². The molecule has 0 saturated carbocycles. The molecule has 0 aromatic carbocycles. The van der Waals surface area contributed by atoms with Gasteiger partial charge in [-0.2, -0.15) is 0 Å². The third kappa shape index (κ3) is 8.19. The van der Waals surface area contributed by atoms with Crippen LogP contribution in [-0.4, -0.2) is 45.6 Å². The second-order valence-electron chi connectivity index (χ2n) is 6.34. The SMILES string of the molecule is CC[C@H](C)[C@H](NC(=O)OC(C)(C)C)C(=O)C=S(C)(C)=O. The minimum Gasteiger partial charge on any atom is -0.444 e. The molecule has 0 spiro atoms. The fourth-order valence-electron chi connectivity index (χ4n) is 1.52. The van der Waals surface area contributed by atoms with Gasteiger partial charge in [0.1, 0.15) is 5.60 Å².